The van der Waals surface area contributed by atoms with Crippen LogP contribution in [-0.4, -0.2) is 54.6 Å². The Morgan fingerprint density at radius 2 is 1.71 bits per heavy atom. The first kappa shape index (κ1) is 25.5. The average Bonchev–Trinajstić information content (AvgIpc) is 3.23. The van der Waals surface area contributed by atoms with Gasteiger partial charge >= 0.3 is 0 Å². The van der Waals surface area contributed by atoms with Gasteiger partial charge in [-0.25, -0.2) is 0 Å². The maximum atomic E-state index is 10.6. The van der Waals surface area contributed by atoms with E-state index in [1.807, 2.05) is 55.6 Å². The molecule has 0 fully saturated rings. The maximum absolute atomic E-state index is 10.6. The lowest BCUT2D eigenvalue weighted by atomic mass is 10.1. The van der Waals surface area contributed by atoms with E-state index in [9.17, 15) is 5.11 Å². The van der Waals surface area contributed by atoms with Crippen LogP contribution in [0.25, 0.3) is 11.3 Å². The summed E-state index contributed by atoms with van der Waals surface area (Å²) in [5.74, 6) is 3.59. The predicted molar refractivity (Wildman–Crippen MR) is 136 cm³/mol. The van der Waals surface area contributed by atoms with Gasteiger partial charge in [0.1, 0.15) is 12.3 Å². The van der Waals surface area contributed by atoms with Gasteiger partial charge < -0.3 is 19.3 Å². The van der Waals surface area contributed by atoms with Crippen LogP contribution in [0.15, 0.2) is 65.2 Å². The Morgan fingerprint density at radius 1 is 1.03 bits per heavy atom. The first-order chi connectivity index (χ1) is 16.5. The molecule has 1 heterocycles. The van der Waals surface area contributed by atoms with Crippen LogP contribution in [0, 0.1) is 18.3 Å². The van der Waals surface area contributed by atoms with E-state index in [1.54, 1.807) is 0 Å². The Bertz CT molecular complexity index is 1030. The number of nitrogens with zero attached hydrogens (tertiary/aromatic N) is 3. The molecule has 3 rings (SSSR count). The van der Waals surface area contributed by atoms with Crippen molar-refractivity contribution in [2.45, 2.75) is 33.0 Å². The number of benzene rings is 2. The molecule has 180 valence electrons. The van der Waals surface area contributed by atoms with Gasteiger partial charge in [0.2, 0.25) is 5.88 Å². The molecule has 2 aromatic carbocycles. The number of terminal acetylenes is 1. The van der Waals surface area contributed by atoms with Gasteiger partial charge in [-0.1, -0.05) is 85.6 Å². The van der Waals surface area contributed by atoms with Crippen LogP contribution in [0.1, 0.15) is 25.0 Å². The minimum atomic E-state index is -0.641. The van der Waals surface area contributed by atoms with Crippen molar-refractivity contribution in [3.63, 3.8) is 0 Å². The summed E-state index contributed by atoms with van der Waals surface area (Å²) in [5, 5.41) is 15.0. The van der Waals surface area contributed by atoms with Crippen molar-refractivity contribution in [1.29, 1.82) is 0 Å². The highest BCUT2D eigenvalue weighted by Gasteiger charge is 2.24. The summed E-state index contributed by atoms with van der Waals surface area (Å²) >= 11 is 0. The zero-order chi connectivity index (χ0) is 24.3. The van der Waals surface area contributed by atoms with Crippen molar-refractivity contribution in [2.75, 3.05) is 38.3 Å². The molecule has 34 heavy (non-hydrogen) atoms. The van der Waals surface area contributed by atoms with Crippen LogP contribution in [0.3, 0.4) is 0 Å². The molecule has 1 atom stereocenters. The van der Waals surface area contributed by atoms with Crippen LogP contribution < -0.4 is 4.90 Å². The summed E-state index contributed by atoms with van der Waals surface area (Å²) in [7, 11) is 2.01. The molecule has 6 heteroatoms. The third-order valence-electron chi connectivity index (χ3n) is 5.39. The van der Waals surface area contributed by atoms with E-state index in [-0.39, 0.29) is 13.2 Å². The van der Waals surface area contributed by atoms with Gasteiger partial charge in [-0.2, -0.15) is 0 Å². The van der Waals surface area contributed by atoms with Crippen molar-refractivity contribution in [3.05, 3.63) is 71.8 Å². The SMILES string of the molecule is C#CCOCC(O)CN(Cc1c(-c2ccccc2)noc1N(C)Cc1ccccc1)CC(C)C. The Kier molecular flexibility index (Phi) is 9.72. The van der Waals surface area contributed by atoms with E-state index in [1.165, 1.54) is 5.56 Å². The van der Waals surface area contributed by atoms with E-state index < -0.39 is 6.10 Å². The van der Waals surface area contributed by atoms with Crippen LogP contribution in [0.5, 0.6) is 0 Å². The Balaban J connectivity index is 1.88. The van der Waals surface area contributed by atoms with E-state index in [0.29, 0.717) is 25.6 Å². The minimum Gasteiger partial charge on any atom is -0.389 e. The number of aliphatic hydroxyl groups is 1. The first-order valence-electron chi connectivity index (χ1n) is 11.7. The highest BCUT2D eigenvalue weighted by Crippen LogP contribution is 2.33. The second-order valence-electron chi connectivity index (χ2n) is 8.98. The third-order valence-corrected chi connectivity index (χ3v) is 5.39. The van der Waals surface area contributed by atoms with Crippen LogP contribution in [-0.2, 0) is 17.8 Å². The lowest BCUT2D eigenvalue weighted by Crippen LogP contribution is -2.37. The topological polar surface area (TPSA) is 62.0 Å². The molecule has 1 unspecified atom stereocenters. The fourth-order valence-electron chi connectivity index (χ4n) is 4.04. The van der Waals surface area contributed by atoms with Crippen LogP contribution in [0.4, 0.5) is 5.88 Å². The highest BCUT2D eigenvalue weighted by atomic mass is 16.5. The zero-order valence-electron chi connectivity index (χ0n) is 20.4. The normalized spacial score (nSPS) is 12.1. The number of rotatable bonds is 13. The standard InChI is InChI=1S/C28H35N3O3/c1-5-16-33-21-25(32)19-31(17-22(2)3)20-26-27(24-14-10-7-11-15-24)29-34-28(26)30(4)18-23-12-8-6-9-13-23/h1,6-15,22,25,32H,16-21H2,2-4H3. The molecule has 0 spiro atoms. The van der Waals surface area contributed by atoms with E-state index >= 15 is 0 Å². The Hall–Kier alpha value is -3.11. The summed E-state index contributed by atoms with van der Waals surface area (Å²) < 4.78 is 11.3. The fraction of sp³-hybridized carbons (Fsp3) is 0.393. The summed E-state index contributed by atoms with van der Waals surface area (Å²) in [5.41, 5.74) is 4.01. The Morgan fingerprint density at radius 3 is 2.35 bits per heavy atom. The smallest absolute Gasteiger partial charge is 0.232 e. The molecule has 0 aliphatic carbocycles. The molecule has 0 aliphatic rings. The van der Waals surface area contributed by atoms with Gasteiger partial charge in [0.05, 0.1) is 18.3 Å². The molecule has 0 amide bonds. The number of ether oxygens (including phenoxy) is 1. The molecular weight excluding hydrogens is 426 g/mol. The van der Waals surface area contributed by atoms with Crippen LogP contribution >= 0.6 is 0 Å². The molecule has 0 saturated carbocycles. The summed E-state index contributed by atoms with van der Waals surface area (Å²) in [6.07, 6.45) is 4.61. The van der Waals surface area contributed by atoms with Crippen molar-refractivity contribution >= 4 is 5.88 Å². The van der Waals surface area contributed by atoms with E-state index in [4.69, 9.17) is 15.7 Å². The third kappa shape index (κ3) is 7.46. The summed E-state index contributed by atoms with van der Waals surface area (Å²) in [6, 6.07) is 20.4. The zero-order valence-corrected chi connectivity index (χ0v) is 20.4. The van der Waals surface area contributed by atoms with Crippen molar-refractivity contribution < 1.29 is 14.4 Å². The molecule has 0 aliphatic heterocycles. The number of aromatic nitrogens is 1. The highest BCUT2D eigenvalue weighted by molar-refractivity contribution is 5.68. The molecule has 0 saturated heterocycles. The molecule has 1 aromatic heterocycles. The molecule has 0 bridgehead atoms. The number of hydrogen-bond donors (Lipinski definition) is 1. The summed E-state index contributed by atoms with van der Waals surface area (Å²) in [4.78, 5) is 4.32. The molecule has 0 radical (unpaired) electrons. The van der Waals surface area contributed by atoms with Gasteiger partial charge in [0.25, 0.3) is 0 Å². The van der Waals surface area contributed by atoms with Gasteiger partial charge in [-0.3, -0.25) is 4.90 Å². The number of anilines is 1. The molecule has 3 aromatic rings. The van der Waals surface area contributed by atoms with E-state index in [0.717, 1.165) is 29.2 Å². The fourth-order valence-corrected chi connectivity index (χ4v) is 4.04. The number of hydrogen-bond acceptors (Lipinski definition) is 6. The monoisotopic (exact) mass is 461 g/mol. The van der Waals surface area contributed by atoms with Gasteiger partial charge in [0.15, 0.2) is 0 Å². The largest absolute Gasteiger partial charge is 0.389 e. The Labute approximate surface area is 203 Å². The van der Waals surface area contributed by atoms with Crippen molar-refractivity contribution in [2.24, 2.45) is 5.92 Å². The quantitative estimate of drug-likeness (QED) is 0.300. The molecule has 1 N–H and O–H groups in total. The second kappa shape index (κ2) is 13.0. The van der Waals surface area contributed by atoms with E-state index in [2.05, 4.69) is 46.9 Å². The average molecular weight is 462 g/mol. The minimum absolute atomic E-state index is 0.194. The predicted octanol–water partition coefficient (Wildman–Crippen LogP) is 4.45. The number of aliphatic hydroxyl groups excluding tert-OH is 1. The van der Waals surface area contributed by atoms with Gasteiger partial charge in [0, 0.05) is 38.8 Å². The van der Waals surface area contributed by atoms with Gasteiger partial charge in [-0.15, -0.1) is 6.42 Å². The van der Waals surface area contributed by atoms with Crippen molar-refractivity contribution in [3.8, 4) is 23.6 Å². The maximum Gasteiger partial charge on any atom is 0.232 e. The lowest BCUT2D eigenvalue weighted by Gasteiger charge is -2.27. The molecular formula is C28H35N3O3. The van der Waals surface area contributed by atoms with Crippen LogP contribution in [0.2, 0.25) is 0 Å². The second-order valence-corrected chi connectivity index (χ2v) is 8.98. The summed E-state index contributed by atoms with van der Waals surface area (Å²) in [6.45, 7) is 7.30. The molecule has 6 nitrogen and oxygen atoms in total. The van der Waals surface area contributed by atoms with Crippen molar-refractivity contribution in [1.82, 2.24) is 10.1 Å². The first-order valence-corrected chi connectivity index (χ1v) is 11.7. The lowest BCUT2D eigenvalue weighted by molar-refractivity contribution is 0.0238. The van der Waals surface area contributed by atoms with Gasteiger partial charge in [-0.05, 0) is 11.5 Å².